The highest BCUT2D eigenvalue weighted by molar-refractivity contribution is 5.86. The first-order chi connectivity index (χ1) is 5.20. The Balaban J connectivity index is 2.10. The summed E-state index contributed by atoms with van der Waals surface area (Å²) in [4.78, 5) is 19.6. The zero-order valence-electron chi connectivity index (χ0n) is 6.33. The summed E-state index contributed by atoms with van der Waals surface area (Å²) in [5.74, 6) is -0.555. The van der Waals surface area contributed by atoms with Crippen LogP contribution in [-0.2, 0) is 19.3 Å². The van der Waals surface area contributed by atoms with Gasteiger partial charge >= 0.3 is 5.97 Å². The van der Waals surface area contributed by atoms with Crippen LogP contribution in [0.1, 0.15) is 13.3 Å². The van der Waals surface area contributed by atoms with Gasteiger partial charge in [-0.3, -0.25) is 4.89 Å². The van der Waals surface area contributed by atoms with E-state index in [9.17, 15) is 4.79 Å². The largest absolute Gasteiger partial charge is 0.368 e. The van der Waals surface area contributed by atoms with Gasteiger partial charge in [-0.05, 0) is 6.92 Å². The average molecular weight is 158 g/mol. The van der Waals surface area contributed by atoms with Crippen LogP contribution in [0.2, 0.25) is 0 Å². The van der Waals surface area contributed by atoms with E-state index in [0.29, 0.717) is 12.2 Å². The summed E-state index contributed by atoms with van der Waals surface area (Å²) in [6, 6.07) is 0. The number of carbonyl (C=O) groups is 1. The third-order valence-electron chi connectivity index (χ3n) is 1.24. The summed E-state index contributed by atoms with van der Waals surface area (Å²) in [7, 11) is 0. The Labute approximate surface area is 64.7 Å². The fourth-order valence-corrected chi connectivity index (χ4v) is 0.458. The van der Waals surface area contributed by atoms with Crippen molar-refractivity contribution in [2.75, 3.05) is 6.61 Å². The summed E-state index contributed by atoms with van der Waals surface area (Å²) in [5, 5.41) is 0. The van der Waals surface area contributed by atoms with Gasteiger partial charge in [-0.25, -0.2) is 4.79 Å². The Morgan fingerprint density at radius 2 is 2.36 bits per heavy atom. The molecule has 1 heterocycles. The Morgan fingerprint density at radius 3 is 2.73 bits per heavy atom. The maximum atomic E-state index is 10.7. The number of hydrogen-bond donors (Lipinski definition) is 0. The van der Waals surface area contributed by atoms with E-state index < -0.39 is 5.97 Å². The fraction of sp³-hybridized carbons (Fsp3) is 0.571. The molecule has 62 valence electrons. The lowest BCUT2D eigenvalue weighted by Crippen LogP contribution is -2.30. The van der Waals surface area contributed by atoms with Gasteiger partial charge in [-0.2, -0.15) is 4.89 Å². The Kier molecular flexibility index (Phi) is 2.62. The molecule has 1 aliphatic heterocycles. The molecule has 0 spiro atoms. The van der Waals surface area contributed by atoms with Crippen LogP contribution in [0.15, 0.2) is 12.2 Å². The maximum absolute atomic E-state index is 10.7. The summed E-state index contributed by atoms with van der Waals surface area (Å²) in [6.07, 6.45) is 0.391. The topological polar surface area (TPSA) is 44.8 Å². The van der Waals surface area contributed by atoms with Crippen LogP contribution in [0.25, 0.3) is 0 Å². The van der Waals surface area contributed by atoms with Gasteiger partial charge in [0.25, 0.3) is 0 Å². The zero-order chi connectivity index (χ0) is 8.27. The number of hydrogen-bond acceptors (Lipinski definition) is 4. The van der Waals surface area contributed by atoms with E-state index >= 15 is 0 Å². The van der Waals surface area contributed by atoms with Crippen molar-refractivity contribution in [1.29, 1.82) is 0 Å². The highest BCUT2D eigenvalue weighted by Gasteiger charge is 2.21. The Morgan fingerprint density at radius 1 is 1.73 bits per heavy atom. The van der Waals surface area contributed by atoms with Gasteiger partial charge in [0.1, 0.15) is 0 Å². The van der Waals surface area contributed by atoms with E-state index in [1.165, 1.54) is 0 Å². The van der Waals surface area contributed by atoms with E-state index in [4.69, 9.17) is 4.74 Å². The zero-order valence-corrected chi connectivity index (χ0v) is 6.33. The number of ether oxygens (including phenoxy) is 1. The second kappa shape index (κ2) is 3.50. The summed E-state index contributed by atoms with van der Waals surface area (Å²) < 4.78 is 4.83. The van der Waals surface area contributed by atoms with Crippen LogP contribution in [0.5, 0.6) is 0 Å². The molecular weight excluding hydrogens is 148 g/mol. The molecule has 1 unspecified atom stereocenters. The highest BCUT2D eigenvalue weighted by Crippen LogP contribution is 2.12. The van der Waals surface area contributed by atoms with E-state index in [0.717, 1.165) is 6.42 Å². The monoisotopic (exact) mass is 158 g/mol. The van der Waals surface area contributed by atoms with E-state index in [2.05, 4.69) is 16.4 Å². The van der Waals surface area contributed by atoms with Crippen LogP contribution >= 0.6 is 0 Å². The Hall–Kier alpha value is -0.870. The molecule has 0 bridgehead atoms. The maximum Gasteiger partial charge on any atom is 0.368 e. The van der Waals surface area contributed by atoms with Crippen molar-refractivity contribution in [3.63, 3.8) is 0 Å². The van der Waals surface area contributed by atoms with Crippen molar-refractivity contribution in [2.24, 2.45) is 0 Å². The normalized spacial score (nSPS) is 22.1. The molecule has 0 aromatic heterocycles. The first-order valence-corrected chi connectivity index (χ1v) is 3.35. The minimum Gasteiger partial charge on any atom is -0.349 e. The first kappa shape index (κ1) is 8.23. The van der Waals surface area contributed by atoms with Crippen LogP contribution in [0.4, 0.5) is 0 Å². The smallest absolute Gasteiger partial charge is 0.349 e. The van der Waals surface area contributed by atoms with Crippen molar-refractivity contribution in [1.82, 2.24) is 0 Å². The molecule has 0 radical (unpaired) electrons. The highest BCUT2D eigenvalue weighted by atomic mass is 17.2. The van der Waals surface area contributed by atoms with Gasteiger partial charge < -0.3 is 4.74 Å². The average Bonchev–Trinajstić information content (AvgIpc) is 1.83. The number of rotatable bonds is 3. The van der Waals surface area contributed by atoms with Crippen molar-refractivity contribution in [2.45, 2.75) is 19.6 Å². The quantitative estimate of drug-likeness (QED) is 0.346. The third kappa shape index (κ3) is 2.32. The summed E-state index contributed by atoms with van der Waals surface area (Å²) in [6.45, 7) is 5.59. The molecule has 1 aliphatic rings. The lowest BCUT2D eigenvalue weighted by Gasteiger charge is -2.23. The molecule has 1 atom stereocenters. The molecule has 0 N–H and O–H groups in total. The van der Waals surface area contributed by atoms with Gasteiger partial charge in [0.05, 0.1) is 6.61 Å². The molecule has 1 rings (SSSR count). The van der Waals surface area contributed by atoms with Crippen LogP contribution in [-0.4, -0.2) is 18.9 Å². The molecule has 1 saturated heterocycles. The van der Waals surface area contributed by atoms with Gasteiger partial charge in [0.15, 0.2) is 0 Å². The first-order valence-electron chi connectivity index (χ1n) is 3.35. The van der Waals surface area contributed by atoms with Crippen molar-refractivity contribution in [3.8, 4) is 0 Å². The molecule has 1 fully saturated rings. The predicted octanol–water partition coefficient (Wildman–Crippen LogP) is 0.784. The number of carbonyl (C=O) groups excluding carboxylic acids is 1. The van der Waals surface area contributed by atoms with Gasteiger partial charge in [-0.15, -0.1) is 0 Å². The van der Waals surface area contributed by atoms with Crippen molar-refractivity contribution in [3.05, 3.63) is 12.2 Å². The third-order valence-corrected chi connectivity index (χ3v) is 1.24. The fourth-order valence-electron chi connectivity index (χ4n) is 0.458. The summed E-state index contributed by atoms with van der Waals surface area (Å²) >= 11 is 0. The standard InChI is InChI=1S/C7H10O4/c1-5(2)7(8)11-10-6-3-4-9-6/h6H,1,3-4H2,2H3. The predicted molar refractivity (Wildman–Crippen MR) is 36.3 cm³/mol. The van der Waals surface area contributed by atoms with Crippen LogP contribution in [0, 0.1) is 0 Å². The summed E-state index contributed by atoms with van der Waals surface area (Å²) in [5.41, 5.74) is 0.310. The molecule has 0 aromatic carbocycles. The van der Waals surface area contributed by atoms with Crippen LogP contribution in [0.3, 0.4) is 0 Å². The minimum atomic E-state index is -0.555. The molecule has 0 saturated carbocycles. The minimum absolute atomic E-state index is 0.310. The van der Waals surface area contributed by atoms with Gasteiger partial charge in [0.2, 0.25) is 6.29 Å². The second-order valence-electron chi connectivity index (χ2n) is 2.34. The molecule has 4 nitrogen and oxygen atoms in total. The molecule has 4 heteroatoms. The van der Waals surface area contributed by atoms with Gasteiger partial charge in [-0.1, -0.05) is 6.58 Å². The molecule has 0 amide bonds. The van der Waals surface area contributed by atoms with E-state index in [1.807, 2.05) is 0 Å². The molecule has 0 aromatic rings. The van der Waals surface area contributed by atoms with Crippen molar-refractivity contribution < 1.29 is 19.3 Å². The van der Waals surface area contributed by atoms with E-state index in [1.54, 1.807) is 6.92 Å². The van der Waals surface area contributed by atoms with E-state index in [-0.39, 0.29) is 6.29 Å². The Bertz CT molecular complexity index is 171. The lowest BCUT2D eigenvalue weighted by molar-refractivity contribution is -0.380. The molecule has 11 heavy (non-hydrogen) atoms. The SMILES string of the molecule is C=C(C)C(=O)OOC1CCO1. The molecule has 0 aliphatic carbocycles. The van der Waals surface area contributed by atoms with Crippen molar-refractivity contribution >= 4 is 5.97 Å². The lowest BCUT2D eigenvalue weighted by atomic mass is 10.3. The second-order valence-corrected chi connectivity index (χ2v) is 2.34. The van der Waals surface area contributed by atoms with Crippen LogP contribution < -0.4 is 0 Å². The van der Waals surface area contributed by atoms with Gasteiger partial charge in [0, 0.05) is 12.0 Å². The molecular formula is C7H10O4.